The van der Waals surface area contributed by atoms with E-state index in [0.29, 0.717) is 22.9 Å². The highest BCUT2D eigenvalue weighted by atomic mass is 32.2. The normalized spacial score (nSPS) is 12.0. The van der Waals surface area contributed by atoms with E-state index >= 15 is 0 Å². The molecule has 1 atom stereocenters. The van der Waals surface area contributed by atoms with Crippen LogP contribution in [0, 0.1) is 6.92 Å². The lowest BCUT2D eigenvalue weighted by Gasteiger charge is -2.13. The van der Waals surface area contributed by atoms with Gasteiger partial charge in [-0.05, 0) is 26.0 Å². The van der Waals surface area contributed by atoms with Crippen LogP contribution in [0.5, 0.6) is 5.75 Å². The van der Waals surface area contributed by atoms with E-state index in [0.717, 1.165) is 5.75 Å². The summed E-state index contributed by atoms with van der Waals surface area (Å²) in [5.41, 5.74) is 6.94. The number of hydrogen-bond donors (Lipinski definition) is 1. The Morgan fingerprint density at radius 3 is 2.59 bits per heavy atom. The molecule has 9 nitrogen and oxygen atoms in total. The maximum atomic E-state index is 5.77. The van der Waals surface area contributed by atoms with E-state index in [2.05, 4.69) is 25.1 Å². The smallest absolute Gasteiger partial charge is 0.277 e. The minimum Gasteiger partial charge on any atom is -0.484 e. The van der Waals surface area contributed by atoms with Crippen molar-refractivity contribution in [2.45, 2.75) is 30.9 Å². The molecule has 1 aromatic carbocycles. The van der Waals surface area contributed by atoms with Gasteiger partial charge in [0.15, 0.2) is 6.61 Å². The maximum absolute atomic E-state index is 5.77. The van der Waals surface area contributed by atoms with Gasteiger partial charge < -0.3 is 19.8 Å². The van der Waals surface area contributed by atoms with Crippen molar-refractivity contribution in [2.24, 2.45) is 0 Å². The van der Waals surface area contributed by atoms with Gasteiger partial charge in [-0.25, -0.2) is 0 Å². The van der Waals surface area contributed by atoms with Crippen LogP contribution >= 0.6 is 11.8 Å². The van der Waals surface area contributed by atoms with Gasteiger partial charge in [0.2, 0.25) is 11.9 Å². The zero-order valence-corrected chi connectivity index (χ0v) is 16.4. The second-order valence-electron chi connectivity index (χ2n) is 6.07. The van der Waals surface area contributed by atoms with Crippen molar-refractivity contribution in [3.05, 3.63) is 41.5 Å². The third-order valence-electron chi connectivity index (χ3n) is 3.53. The molecule has 0 amide bonds. The van der Waals surface area contributed by atoms with Crippen LogP contribution < -0.4 is 15.4 Å². The molecule has 0 radical (unpaired) electrons. The number of aromatic nitrogens is 5. The van der Waals surface area contributed by atoms with Crippen LogP contribution in [0.4, 0.5) is 11.9 Å². The summed E-state index contributed by atoms with van der Waals surface area (Å²) >= 11 is 1.35. The first kappa shape index (κ1) is 18.9. The summed E-state index contributed by atoms with van der Waals surface area (Å²) in [5.74, 6) is 2.37. The third kappa shape index (κ3) is 5.07. The average molecular weight is 387 g/mol. The van der Waals surface area contributed by atoms with Crippen LogP contribution in [0.15, 0.2) is 33.9 Å². The number of anilines is 2. The van der Waals surface area contributed by atoms with Crippen molar-refractivity contribution in [3.8, 4) is 5.75 Å². The van der Waals surface area contributed by atoms with Gasteiger partial charge in [0.05, 0.1) is 5.25 Å². The molecule has 10 heteroatoms. The molecule has 0 spiro atoms. The van der Waals surface area contributed by atoms with Crippen molar-refractivity contribution in [2.75, 3.05) is 24.7 Å². The van der Waals surface area contributed by atoms with Gasteiger partial charge >= 0.3 is 0 Å². The highest BCUT2D eigenvalue weighted by Crippen LogP contribution is 2.32. The second-order valence-corrected chi connectivity index (χ2v) is 7.36. The standard InChI is InChI=1S/C17H21N7O2S/c1-10-5-7-12(8-6-10)25-9-13-22-23-17(26-13)27-11(2)14-19-15(18)21-16(20-14)24(3)4/h5-8,11H,9H2,1-4H3,(H2,18,19,20,21). The molecule has 2 aromatic heterocycles. The Hall–Kier alpha value is -2.88. The van der Waals surface area contributed by atoms with Crippen LogP contribution in [0.3, 0.4) is 0 Å². The number of ether oxygens (including phenoxy) is 1. The zero-order valence-electron chi connectivity index (χ0n) is 15.6. The summed E-state index contributed by atoms with van der Waals surface area (Å²) in [4.78, 5) is 14.5. The molecule has 0 aliphatic carbocycles. The summed E-state index contributed by atoms with van der Waals surface area (Å²) in [7, 11) is 3.68. The summed E-state index contributed by atoms with van der Waals surface area (Å²) in [6.07, 6.45) is 0. The maximum Gasteiger partial charge on any atom is 0.277 e. The van der Waals surface area contributed by atoms with Crippen molar-refractivity contribution in [1.29, 1.82) is 0 Å². The molecule has 0 aliphatic rings. The largest absolute Gasteiger partial charge is 0.484 e. The monoisotopic (exact) mass is 387 g/mol. The topological polar surface area (TPSA) is 116 Å². The predicted octanol–water partition coefficient (Wildman–Crippen LogP) is 2.64. The number of nitrogens with two attached hydrogens (primary N) is 1. The molecule has 27 heavy (non-hydrogen) atoms. The van der Waals surface area contributed by atoms with Gasteiger partial charge in [0, 0.05) is 14.1 Å². The number of hydrogen-bond acceptors (Lipinski definition) is 10. The first-order valence-electron chi connectivity index (χ1n) is 8.28. The Labute approximate surface area is 161 Å². The molecule has 2 heterocycles. The lowest BCUT2D eigenvalue weighted by Crippen LogP contribution is -2.16. The summed E-state index contributed by atoms with van der Waals surface area (Å²) in [5, 5.41) is 8.33. The van der Waals surface area contributed by atoms with Gasteiger partial charge in [0.25, 0.3) is 11.1 Å². The van der Waals surface area contributed by atoms with E-state index in [4.69, 9.17) is 14.9 Å². The van der Waals surface area contributed by atoms with Crippen LogP contribution in [0.25, 0.3) is 0 Å². The quantitative estimate of drug-likeness (QED) is 0.606. The van der Waals surface area contributed by atoms with Crippen molar-refractivity contribution in [1.82, 2.24) is 25.1 Å². The number of nitrogen functional groups attached to an aromatic ring is 1. The summed E-state index contributed by atoms with van der Waals surface area (Å²) in [6, 6.07) is 7.76. The molecule has 2 N–H and O–H groups in total. The number of thioether (sulfide) groups is 1. The lowest BCUT2D eigenvalue weighted by molar-refractivity contribution is 0.252. The fraction of sp³-hybridized carbons (Fsp3) is 0.353. The average Bonchev–Trinajstić information content (AvgIpc) is 3.08. The molecule has 0 saturated heterocycles. The molecule has 3 aromatic rings. The minimum atomic E-state index is -0.139. The van der Waals surface area contributed by atoms with E-state index in [9.17, 15) is 0 Å². The van der Waals surface area contributed by atoms with Gasteiger partial charge in [-0.2, -0.15) is 15.0 Å². The number of aryl methyl sites for hydroxylation is 1. The van der Waals surface area contributed by atoms with Crippen LogP contribution in [-0.4, -0.2) is 39.2 Å². The highest BCUT2D eigenvalue weighted by Gasteiger charge is 2.18. The van der Waals surface area contributed by atoms with Crippen molar-refractivity contribution in [3.63, 3.8) is 0 Å². The number of rotatable bonds is 7. The molecule has 1 unspecified atom stereocenters. The van der Waals surface area contributed by atoms with E-state index in [1.54, 1.807) is 4.90 Å². The van der Waals surface area contributed by atoms with E-state index in [1.807, 2.05) is 52.2 Å². The molecular formula is C17H21N7O2S. The lowest BCUT2D eigenvalue weighted by atomic mass is 10.2. The molecular weight excluding hydrogens is 366 g/mol. The highest BCUT2D eigenvalue weighted by molar-refractivity contribution is 7.99. The van der Waals surface area contributed by atoms with Crippen LogP contribution in [-0.2, 0) is 6.61 Å². The first-order chi connectivity index (χ1) is 12.9. The van der Waals surface area contributed by atoms with Gasteiger partial charge in [-0.15, -0.1) is 10.2 Å². The summed E-state index contributed by atoms with van der Waals surface area (Å²) in [6.45, 7) is 4.16. The molecule has 3 rings (SSSR count). The summed E-state index contributed by atoms with van der Waals surface area (Å²) < 4.78 is 11.3. The minimum absolute atomic E-state index is 0.139. The Kier molecular flexibility index (Phi) is 5.75. The fourth-order valence-corrected chi connectivity index (χ4v) is 2.85. The molecule has 0 aliphatic heterocycles. The van der Waals surface area contributed by atoms with Gasteiger partial charge in [-0.1, -0.05) is 29.5 Å². The first-order valence-corrected chi connectivity index (χ1v) is 9.16. The fourth-order valence-electron chi connectivity index (χ4n) is 2.11. The van der Waals surface area contributed by atoms with Crippen LogP contribution in [0.1, 0.15) is 29.5 Å². The zero-order chi connectivity index (χ0) is 19.4. The van der Waals surface area contributed by atoms with E-state index in [1.165, 1.54) is 17.3 Å². The molecule has 0 saturated carbocycles. The van der Waals surface area contributed by atoms with Crippen molar-refractivity contribution < 1.29 is 9.15 Å². The molecule has 0 fully saturated rings. The Bertz CT molecular complexity index is 899. The van der Waals surface area contributed by atoms with Gasteiger partial charge in [0.1, 0.15) is 11.6 Å². The predicted molar refractivity (Wildman–Crippen MR) is 103 cm³/mol. The molecule has 142 valence electrons. The molecule has 0 bridgehead atoms. The second kappa shape index (κ2) is 8.21. The Morgan fingerprint density at radius 2 is 1.89 bits per heavy atom. The van der Waals surface area contributed by atoms with Crippen molar-refractivity contribution >= 4 is 23.7 Å². The Morgan fingerprint density at radius 1 is 1.15 bits per heavy atom. The number of nitrogens with zero attached hydrogens (tertiary/aromatic N) is 6. The van der Waals surface area contributed by atoms with Crippen LogP contribution in [0.2, 0.25) is 0 Å². The Balaban J connectivity index is 1.62. The SMILES string of the molecule is Cc1ccc(OCc2nnc(SC(C)c3nc(N)nc(N(C)C)n3)o2)cc1. The van der Waals surface area contributed by atoms with Gasteiger partial charge in [-0.3, -0.25) is 0 Å². The third-order valence-corrected chi connectivity index (χ3v) is 4.46. The van der Waals surface area contributed by atoms with E-state index in [-0.39, 0.29) is 17.8 Å². The van der Waals surface area contributed by atoms with E-state index < -0.39 is 0 Å². The number of benzene rings is 1.